The minimum absolute atomic E-state index is 0.0757. The standard InChI is InChI=1S/C29H40FN3O4/c1-22(2)21-37-27-9-5-24(6-10-27)20-33(19-23-3-7-25(30)8-4-23)29(34)31-26-11-14-32(15-12-26)16-13-28-35-17-18-36-28/h3-10,22,26,28H,11-21H2,1-2H3,(H,31,34). The Morgan fingerprint density at radius 3 is 2.22 bits per heavy atom. The van der Waals surface area contributed by atoms with Gasteiger partial charge in [-0.05, 0) is 54.2 Å². The zero-order valence-electron chi connectivity index (χ0n) is 22.0. The highest BCUT2D eigenvalue weighted by Gasteiger charge is 2.25. The average Bonchev–Trinajstić information content (AvgIpc) is 3.42. The summed E-state index contributed by atoms with van der Waals surface area (Å²) in [7, 11) is 0. The highest BCUT2D eigenvalue weighted by molar-refractivity contribution is 5.74. The molecule has 2 aliphatic heterocycles. The van der Waals surface area contributed by atoms with Crippen LogP contribution in [0, 0.1) is 11.7 Å². The first-order valence-corrected chi connectivity index (χ1v) is 13.4. The number of nitrogens with one attached hydrogen (secondary N) is 1. The number of urea groups is 1. The van der Waals surface area contributed by atoms with Crippen LogP contribution in [-0.2, 0) is 22.6 Å². The second kappa shape index (κ2) is 13.7. The molecule has 4 rings (SSSR count). The number of benzene rings is 2. The molecule has 8 heteroatoms. The van der Waals surface area contributed by atoms with E-state index in [1.165, 1.54) is 12.1 Å². The van der Waals surface area contributed by atoms with Crippen molar-refractivity contribution in [2.45, 2.75) is 58.5 Å². The summed E-state index contributed by atoms with van der Waals surface area (Å²) >= 11 is 0. The van der Waals surface area contributed by atoms with E-state index in [0.29, 0.717) is 38.8 Å². The molecule has 2 aromatic carbocycles. The Hall–Kier alpha value is -2.68. The molecule has 37 heavy (non-hydrogen) atoms. The van der Waals surface area contributed by atoms with E-state index in [9.17, 15) is 9.18 Å². The molecule has 0 spiro atoms. The SMILES string of the molecule is CC(C)COc1ccc(CN(Cc2ccc(F)cc2)C(=O)NC2CCN(CCC3OCCO3)CC2)cc1. The maximum Gasteiger partial charge on any atom is 0.318 e. The molecule has 0 atom stereocenters. The van der Waals surface area contributed by atoms with E-state index in [1.54, 1.807) is 17.0 Å². The molecule has 7 nitrogen and oxygen atoms in total. The Morgan fingerprint density at radius 2 is 1.62 bits per heavy atom. The zero-order chi connectivity index (χ0) is 26.0. The maximum atomic E-state index is 13.4. The molecule has 2 aromatic rings. The molecule has 0 bridgehead atoms. The Kier molecular flexibility index (Phi) is 10.2. The first-order valence-electron chi connectivity index (χ1n) is 13.4. The van der Waals surface area contributed by atoms with Gasteiger partial charge in [0.25, 0.3) is 0 Å². The molecule has 0 radical (unpaired) electrons. The van der Waals surface area contributed by atoms with Crippen LogP contribution in [0.5, 0.6) is 5.75 Å². The molecular formula is C29H40FN3O4. The summed E-state index contributed by atoms with van der Waals surface area (Å²) in [6, 6.07) is 14.2. The normalized spacial score (nSPS) is 17.3. The van der Waals surface area contributed by atoms with Crippen molar-refractivity contribution in [3.05, 3.63) is 65.5 Å². The first kappa shape index (κ1) is 27.4. The van der Waals surface area contributed by atoms with Crippen LogP contribution in [0.15, 0.2) is 48.5 Å². The number of nitrogens with zero attached hydrogens (tertiary/aromatic N) is 2. The van der Waals surface area contributed by atoms with Gasteiger partial charge >= 0.3 is 6.03 Å². The number of amides is 2. The van der Waals surface area contributed by atoms with Crippen LogP contribution in [0.3, 0.4) is 0 Å². The predicted octanol–water partition coefficient (Wildman–Crippen LogP) is 4.80. The molecule has 0 unspecified atom stereocenters. The lowest BCUT2D eigenvalue weighted by Crippen LogP contribution is -2.49. The lowest BCUT2D eigenvalue weighted by molar-refractivity contribution is -0.0524. The summed E-state index contributed by atoms with van der Waals surface area (Å²) in [6.45, 7) is 9.94. The number of carbonyl (C=O) groups excluding carboxylic acids is 1. The molecule has 202 valence electrons. The molecule has 2 fully saturated rings. The molecule has 2 aliphatic rings. The predicted molar refractivity (Wildman–Crippen MR) is 141 cm³/mol. The smallest absolute Gasteiger partial charge is 0.318 e. The fraction of sp³-hybridized carbons (Fsp3) is 0.552. The van der Waals surface area contributed by atoms with Gasteiger partial charge in [0.15, 0.2) is 6.29 Å². The van der Waals surface area contributed by atoms with Crippen LogP contribution >= 0.6 is 0 Å². The number of ether oxygens (including phenoxy) is 3. The molecule has 2 heterocycles. The molecule has 2 saturated heterocycles. The van der Waals surface area contributed by atoms with Crippen LogP contribution < -0.4 is 10.1 Å². The summed E-state index contributed by atoms with van der Waals surface area (Å²) in [5.74, 6) is 0.996. The van der Waals surface area contributed by atoms with Crippen molar-refractivity contribution in [2.75, 3.05) is 39.5 Å². The zero-order valence-corrected chi connectivity index (χ0v) is 22.0. The summed E-state index contributed by atoms with van der Waals surface area (Å²) in [5.41, 5.74) is 1.90. The Labute approximate surface area is 219 Å². The van der Waals surface area contributed by atoms with Gasteiger partial charge < -0.3 is 29.3 Å². The van der Waals surface area contributed by atoms with Gasteiger partial charge in [0.2, 0.25) is 0 Å². The van der Waals surface area contributed by atoms with Crippen molar-refractivity contribution < 1.29 is 23.4 Å². The number of rotatable bonds is 11. The van der Waals surface area contributed by atoms with E-state index in [1.807, 2.05) is 24.3 Å². The van der Waals surface area contributed by atoms with Gasteiger partial charge in [-0.3, -0.25) is 0 Å². The highest BCUT2D eigenvalue weighted by Crippen LogP contribution is 2.18. The van der Waals surface area contributed by atoms with Crippen LogP contribution in [0.1, 0.15) is 44.2 Å². The lowest BCUT2D eigenvalue weighted by Gasteiger charge is -2.34. The Bertz CT molecular complexity index is 956. The third-order valence-corrected chi connectivity index (χ3v) is 6.74. The Balaban J connectivity index is 1.32. The van der Waals surface area contributed by atoms with Crippen LogP contribution in [0.4, 0.5) is 9.18 Å². The monoisotopic (exact) mass is 513 g/mol. The van der Waals surface area contributed by atoms with E-state index < -0.39 is 0 Å². The van der Waals surface area contributed by atoms with Crippen molar-refractivity contribution in [2.24, 2.45) is 5.92 Å². The highest BCUT2D eigenvalue weighted by atomic mass is 19.1. The van der Waals surface area contributed by atoms with Crippen LogP contribution in [0.25, 0.3) is 0 Å². The number of likely N-dealkylation sites (tertiary alicyclic amines) is 1. The fourth-order valence-electron chi connectivity index (χ4n) is 4.61. The van der Waals surface area contributed by atoms with Gasteiger partial charge in [-0.25, -0.2) is 9.18 Å². The van der Waals surface area contributed by atoms with E-state index >= 15 is 0 Å². The van der Waals surface area contributed by atoms with Crippen LogP contribution in [0.2, 0.25) is 0 Å². The van der Waals surface area contributed by atoms with Gasteiger partial charge in [-0.1, -0.05) is 38.1 Å². The third kappa shape index (κ3) is 8.98. The minimum Gasteiger partial charge on any atom is -0.493 e. The topological polar surface area (TPSA) is 63.3 Å². The summed E-state index contributed by atoms with van der Waals surface area (Å²) < 4.78 is 30.3. The fourth-order valence-corrected chi connectivity index (χ4v) is 4.61. The Morgan fingerprint density at radius 1 is 1.03 bits per heavy atom. The van der Waals surface area contributed by atoms with Crippen molar-refractivity contribution in [3.8, 4) is 5.75 Å². The lowest BCUT2D eigenvalue weighted by atomic mass is 10.0. The number of halogens is 1. The minimum atomic E-state index is -0.283. The van der Waals surface area contributed by atoms with Gasteiger partial charge in [-0.15, -0.1) is 0 Å². The van der Waals surface area contributed by atoms with Gasteiger partial charge in [0.05, 0.1) is 19.8 Å². The van der Waals surface area contributed by atoms with Gasteiger partial charge in [0.1, 0.15) is 11.6 Å². The van der Waals surface area contributed by atoms with Crippen LogP contribution in [-0.4, -0.2) is 67.6 Å². The summed E-state index contributed by atoms with van der Waals surface area (Å²) in [4.78, 5) is 17.6. The van der Waals surface area contributed by atoms with E-state index in [4.69, 9.17) is 14.2 Å². The maximum absolute atomic E-state index is 13.4. The van der Waals surface area contributed by atoms with Gasteiger partial charge in [0, 0.05) is 45.2 Å². The average molecular weight is 514 g/mol. The second-order valence-electron chi connectivity index (χ2n) is 10.4. The van der Waals surface area contributed by atoms with Gasteiger partial charge in [-0.2, -0.15) is 0 Å². The van der Waals surface area contributed by atoms with Crippen molar-refractivity contribution in [1.29, 1.82) is 0 Å². The largest absolute Gasteiger partial charge is 0.493 e. The van der Waals surface area contributed by atoms with E-state index in [0.717, 1.165) is 55.8 Å². The summed E-state index contributed by atoms with van der Waals surface area (Å²) in [5, 5.41) is 3.24. The number of carbonyl (C=O) groups is 1. The second-order valence-corrected chi connectivity index (χ2v) is 10.4. The van der Waals surface area contributed by atoms with E-state index in [2.05, 4.69) is 24.1 Å². The number of hydrogen-bond acceptors (Lipinski definition) is 5. The number of piperidine rings is 1. The van der Waals surface area contributed by atoms with Crippen molar-refractivity contribution in [3.63, 3.8) is 0 Å². The summed E-state index contributed by atoms with van der Waals surface area (Å²) in [6.07, 6.45) is 2.62. The van der Waals surface area contributed by atoms with Crippen molar-refractivity contribution in [1.82, 2.24) is 15.1 Å². The molecular weight excluding hydrogens is 473 g/mol. The molecule has 0 aromatic heterocycles. The van der Waals surface area contributed by atoms with Crippen molar-refractivity contribution >= 4 is 6.03 Å². The first-order chi connectivity index (χ1) is 17.9. The molecule has 1 N–H and O–H groups in total. The number of hydrogen-bond donors (Lipinski definition) is 1. The molecule has 0 aliphatic carbocycles. The molecule has 2 amide bonds. The van der Waals surface area contributed by atoms with E-state index in [-0.39, 0.29) is 24.2 Å². The quantitative estimate of drug-likeness (QED) is 0.468. The third-order valence-electron chi connectivity index (χ3n) is 6.74. The molecule has 0 saturated carbocycles.